The van der Waals surface area contributed by atoms with E-state index < -0.39 is 0 Å². The quantitative estimate of drug-likeness (QED) is 0.347. The van der Waals surface area contributed by atoms with Crippen LogP contribution in [0.5, 0.6) is 0 Å². The van der Waals surface area contributed by atoms with E-state index in [1.54, 1.807) is 0 Å². The van der Waals surface area contributed by atoms with Crippen LogP contribution in [0.25, 0.3) is 0 Å². The maximum absolute atomic E-state index is 5.24. The predicted octanol–water partition coefficient (Wildman–Crippen LogP) is 1.20. The third kappa shape index (κ3) is 3.55. The topological polar surface area (TPSA) is 48.1 Å². The molecule has 0 amide bonds. The molecule has 18 heavy (non-hydrogen) atoms. The highest BCUT2D eigenvalue weighted by Gasteiger charge is 2.35. The van der Waals surface area contributed by atoms with Crippen LogP contribution in [0.4, 0.5) is 0 Å². The summed E-state index contributed by atoms with van der Waals surface area (Å²) in [5.74, 6) is 1.38. The largest absolute Gasteiger partial charge is 0.359 e. The Morgan fingerprint density at radius 1 is 1.11 bits per heavy atom. The SMILES string of the molecule is CC(C)NC(=S)NNC(=S)N[C@H]1C[C@H]2C=C[C@@H]1C2. The van der Waals surface area contributed by atoms with Gasteiger partial charge in [0.25, 0.3) is 0 Å². The van der Waals surface area contributed by atoms with Crippen LogP contribution < -0.4 is 21.5 Å². The zero-order valence-electron chi connectivity index (χ0n) is 10.7. The number of hydrogen-bond donors (Lipinski definition) is 4. The number of thiocarbonyl (C=S) groups is 2. The first-order valence-electron chi connectivity index (χ1n) is 6.36. The lowest BCUT2D eigenvalue weighted by Crippen LogP contribution is -2.53. The summed E-state index contributed by atoms with van der Waals surface area (Å²) in [6.45, 7) is 4.07. The second kappa shape index (κ2) is 5.84. The molecule has 1 saturated carbocycles. The van der Waals surface area contributed by atoms with Gasteiger partial charge in [-0.2, -0.15) is 0 Å². The third-order valence-electron chi connectivity index (χ3n) is 3.30. The van der Waals surface area contributed by atoms with Crippen molar-refractivity contribution in [2.75, 3.05) is 0 Å². The predicted molar refractivity (Wildman–Crippen MR) is 82.0 cm³/mol. The molecule has 0 saturated heterocycles. The molecule has 6 heteroatoms. The summed E-state index contributed by atoms with van der Waals surface area (Å²) in [7, 11) is 0. The van der Waals surface area contributed by atoms with E-state index in [0.29, 0.717) is 28.2 Å². The molecule has 0 aromatic rings. The Morgan fingerprint density at radius 3 is 2.39 bits per heavy atom. The van der Waals surface area contributed by atoms with E-state index in [4.69, 9.17) is 24.4 Å². The van der Waals surface area contributed by atoms with E-state index in [1.807, 2.05) is 13.8 Å². The Hall–Kier alpha value is -0.880. The molecule has 2 aliphatic rings. The van der Waals surface area contributed by atoms with E-state index >= 15 is 0 Å². The lowest BCUT2D eigenvalue weighted by molar-refractivity contribution is 0.518. The molecular formula is C12H20N4S2. The van der Waals surface area contributed by atoms with Crippen LogP contribution in [0.15, 0.2) is 12.2 Å². The van der Waals surface area contributed by atoms with Gasteiger partial charge in [-0.05, 0) is 63.0 Å². The van der Waals surface area contributed by atoms with Gasteiger partial charge in [-0.3, -0.25) is 10.9 Å². The van der Waals surface area contributed by atoms with Gasteiger partial charge in [0.2, 0.25) is 0 Å². The van der Waals surface area contributed by atoms with Crippen LogP contribution in [0, 0.1) is 11.8 Å². The van der Waals surface area contributed by atoms with E-state index in [-0.39, 0.29) is 0 Å². The first-order chi connectivity index (χ1) is 8.54. The number of fused-ring (bicyclic) bond motifs is 2. The van der Waals surface area contributed by atoms with Gasteiger partial charge >= 0.3 is 0 Å². The van der Waals surface area contributed by atoms with Crippen molar-refractivity contribution in [1.29, 1.82) is 0 Å². The van der Waals surface area contributed by atoms with Crippen LogP contribution >= 0.6 is 24.4 Å². The van der Waals surface area contributed by atoms with Gasteiger partial charge in [0, 0.05) is 12.1 Å². The molecule has 100 valence electrons. The molecule has 4 N–H and O–H groups in total. The Bertz CT molecular complexity index is 367. The van der Waals surface area contributed by atoms with Crippen molar-refractivity contribution in [3.05, 3.63) is 12.2 Å². The second-order valence-electron chi connectivity index (χ2n) is 5.24. The molecular weight excluding hydrogens is 264 g/mol. The Morgan fingerprint density at radius 2 is 1.83 bits per heavy atom. The maximum atomic E-state index is 5.24. The monoisotopic (exact) mass is 284 g/mol. The summed E-state index contributed by atoms with van der Waals surface area (Å²) in [6, 6.07) is 0.775. The Kier molecular flexibility index (Phi) is 4.40. The van der Waals surface area contributed by atoms with Gasteiger partial charge in [0.15, 0.2) is 10.2 Å². The first kappa shape index (κ1) is 13.5. The molecule has 4 nitrogen and oxygen atoms in total. The Balaban J connectivity index is 1.67. The number of nitrogens with one attached hydrogen (secondary N) is 4. The Labute approximate surface area is 119 Å². The summed E-state index contributed by atoms with van der Waals surface area (Å²) in [5, 5.41) is 7.58. The van der Waals surface area contributed by atoms with Crippen molar-refractivity contribution in [3.63, 3.8) is 0 Å². The summed E-state index contributed by atoms with van der Waals surface area (Å²) in [4.78, 5) is 0. The van der Waals surface area contributed by atoms with Gasteiger partial charge in [-0.25, -0.2) is 0 Å². The molecule has 2 aliphatic carbocycles. The standard InChI is InChI=1S/C12H20N4S2/c1-7(2)13-11(17)15-16-12(18)14-10-6-8-3-4-9(10)5-8/h3-4,7-10H,5-6H2,1-2H3,(H2,13,15,17)(H2,14,16,18)/t8-,9+,10-/m0/s1. The van der Waals surface area contributed by atoms with E-state index in [2.05, 4.69) is 33.6 Å². The normalized spacial score (nSPS) is 28.3. The van der Waals surface area contributed by atoms with Gasteiger partial charge in [-0.15, -0.1) is 0 Å². The first-order valence-corrected chi connectivity index (χ1v) is 7.17. The second-order valence-corrected chi connectivity index (χ2v) is 6.05. The fourth-order valence-corrected chi connectivity index (χ4v) is 3.05. The van der Waals surface area contributed by atoms with Crippen LogP contribution in [0.1, 0.15) is 26.7 Å². The van der Waals surface area contributed by atoms with Crippen LogP contribution in [-0.2, 0) is 0 Å². The molecule has 3 atom stereocenters. The maximum Gasteiger partial charge on any atom is 0.185 e. The minimum atomic E-state index is 0.309. The van der Waals surface area contributed by atoms with Crippen LogP contribution in [0.3, 0.4) is 0 Å². The molecule has 0 radical (unpaired) electrons. The smallest absolute Gasteiger partial charge is 0.185 e. The number of rotatable bonds is 2. The lowest BCUT2D eigenvalue weighted by Gasteiger charge is -2.22. The molecule has 0 aromatic heterocycles. The van der Waals surface area contributed by atoms with Crippen molar-refractivity contribution in [3.8, 4) is 0 Å². The zero-order chi connectivity index (χ0) is 13.1. The lowest BCUT2D eigenvalue weighted by atomic mass is 10.0. The van der Waals surface area contributed by atoms with E-state index in [1.165, 1.54) is 12.8 Å². The molecule has 0 unspecified atom stereocenters. The van der Waals surface area contributed by atoms with Gasteiger partial charge in [0.05, 0.1) is 0 Å². The fraction of sp³-hybridized carbons (Fsp3) is 0.667. The van der Waals surface area contributed by atoms with Crippen molar-refractivity contribution in [2.24, 2.45) is 11.8 Å². The fourth-order valence-electron chi connectivity index (χ4n) is 2.56. The summed E-state index contributed by atoms with van der Waals surface area (Å²) in [5.41, 5.74) is 5.80. The van der Waals surface area contributed by atoms with Gasteiger partial charge < -0.3 is 10.6 Å². The van der Waals surface area contributed by atoms with Crippen LogP contribution in [0.2, 0.25) is 0 Å². The average molecular weight is 284 g/mol. The van der Waals surface area contributed by atoms with Crippen molar-refractivity contribution >= 4 is 34.7 Å². The molecule has 0 heterocycles. The minimum absolute atomic E-state index is 0.309. The molecule has 1 fully saturated rings. The highest BCUT2D eigenvalue weighted by molar-refractivity contribution is 7.80. The van der Waals surface area contributed by atoms with E-state index in [9.17, 15) is 0 Å². The molecule has 2 rings (SSSR count). The van der Waals surface area contributed by atoms with Crippen LogP contribution in [-0.4, -0.2) is 22.3 Å². The zero-order valence-corrected chi connectivity index (χ0v) is 12.3. The summed E-state index contributed by atoms with van der Waals surface area (Å²) >= 11 is 10.3. The van der Waals surface area contributed by atoms with Crippen molar-refractivity contribution < 1.29 is 0 Å². The number of hydrazine groups is 1. The highest BCUT2D eigenvalue weighted by Crippen LogP contribution is 2.38. The highest BCUT2D eigenvalue weighted by atomic mass is 32.1. The molecule has 2 bridgehead atoms. The van der Waals surface area contributed by atoms with Gasteiger partial charge in [-0.1, -0.05) is 12.2 Å². The van der Waals surface area contributed by atoms with Crippen molar-refractivity contribution in [1.82, 2.24) is 21.5 Å². The third-order valence-corrected chi connectivity index (χ3v) is 3.74. The number of allylic oxidation sites excluding steroid dienone is 1. The molecule has 0 aromatic carbocycles. The summed E-state index contributed by atoms with van der Waals surface area (Å²) < 4.78 is 0. The summed E-state index contributed by atoms with van der Waals surface area (Å²) in [6.07, 6.45) is 7.06. The van der Waals surface area contributed by atoms with Crippen molar-refractivity contribution in [2.45, 2.75) is 38.8 Å². The minimum Gasteiger partial charge on any atom is -0.359 e. The average Bonchev–Trinajstić information content (AvgIpc) is 2.87. The number of hydrogen-bond acceptors (Lipinski definition) is 2. The van der Waals surface area contributed by atoms with Gasteiger partial charge in [0.1, 0.15) is 0 Å². The molecule has 0 spiro atoms. The van der Waals surface area contributed by atoms with E-state index in [0.717, 1.165) is 5.92 Å². The molecule has 0 aliphatic heterocycles.